The second-order valence-electron chi connectivity index (χ2n) is 12.7. The van der Waals surface area contributed by atoms with Gasteiger partial charge in [0.05, 0.1) is 23.6 Å². The van der Waals surface area contributed by atoms with Crippen LogP contribution >= 0.6 is 0 Å². The molecule has 6 aromatic rings. The Hall–Kier alpha value is -5.51. The van der Waals surface area contributed by atoms with Crippen LogP contribution in [0.3, 0.4) is 0 Å². The van der Waals surface area contributed by atoms with Crippen molar-refractivity contribution >= 4 is 17.5 Å². The summed E-state index contributed by atoms with van der Waals surface area (Å²) in [5.74, 6) is 1.97. The summed E-state index contributed by atoms with van der Waals surface area (Å²) in [6.07, 6.45) is 4.91. The molecule has 4 heterocycles. The summed E-state index contributed by atoms with van der Waals surface area (Å²) in [6, 6.07) is 27.2. The number of aryl methyl sites for hydroxylation is 1. The molecule has 0 saturated carbocycles. The Morgan fingerprint density at radius 1 is 0.913 bits per heavy atom. The third kappa shape index (κ3) is 5.81. The average molecular weight is 613 g/mol. The summed E-state index contributed by atoms with van der Waals surface area (Å²) >= 11 is 0. The summed E-state index contributed by atoms with van der Waals surface area (Å²) in [6.45, 7) is 8.38. The predicted molar refractivity (Wildman–Crippen MR) is 177 cm³/mol. The first kappa shape index (κ1) is 29.2. The molecule has 1 aliphatic rings. The second kappa shape index (κ2) is 11.8. The Balaban J connectivity index is 1.10. The molecule has 232 valence electrons. The van der Waals surface area contributed by atoms with Gasteiger partial charge in [-0.3, -0.25) is 14.7 Å². The van der Waals surface area contributed by atoms with Crippen molar-refractivity contribution in [2.75, 3.05) is 5.32 Å². The van der Waals surface area contributed by atoms with Crippen LogP contribution < -0.4 is 15.4 Å². The lowest BCUT2D eigenvalue weighted by Crippen LogP contribution is -2.36. The van der Waals surface area contributed by atoms with Gasteiger partial charge in [-0.1, -0.05) is 68.8 Å². The van der Waals surface area contributed by atoms with Crippen molar-refractivity contribution in [3.05, 3.63) is 120 Å². The molecule has 4 aromatic heterocycles. The van der Waals surface area contributed by atoms with Crippen molar-refractivity contribution in [2.45, 2.75) is 58.1 Å². The van der Waals surface area contributed by atoms with E-state index in [1.807, 2.05) is 90.3 Å². The number of nitrogens with zero attached hydrogens (tertiary/aromatic N) is 6. The number of amides is 2. The second-order valence-corrected chi connectivity index (χ2v) is 12.7. The molecule has 0 unspecified atom stereocenters. The first-order valence-electron chi connectivity index (χ1n) is 15.5. The van der Waals surface area contributed by atoms with E-state index in [1.165, 1.54) is 0 Å². The largest absolute Gasteiger partial charge is 0.484 e. The van der Waals surface area contributed by atoms with Crippen molar-refractivity contribution in [1.29, 1.82) is 0 Å². The van der Waals surface area contributed by atoms with Crippen LogP contribution in [0.25, 0.3) is 22.9 Å². The number of nitrogens with one attached hydrogen (secondary N) is 2. The van der Waals surface area contributed by atoms with Gasteiger partial charge in [0.1, 0.15) is 23.4 Å². The van der Waals surface area contributed by atoms with Gasteiger partial charge in [-0.25, -0.2) is 9.48 Å². The summed E-state index contributed by atoms with van der Waals surface area (Å²) in [7, 11) is 0. The molecule has 0 spiro atoms. The van der Waals surface area contributed by atoms with Gasteiger partial charge in [-0.2, -0.15) is 5.10 Å². The number of urea groups is 1. The summed E-state index contributed by atoms with van der Waals surface area (Å²) in [5, 5.41) is 19.8. The number of carbonyl (C=O) groups excluding carboxylic acids is 1. The van der Waals surface area contributed by atoms with Crippen molar-refractivity contribution in [3.63, 3.8) is 0 Å². The molecule has 0 fully saturated rings. The maximum atomic E-state index is 13.5. The fourth-order valence-corrected chi connectivity index (χ4v) is 5.83. The number of ether oxygens (including phenoxy) is 1. The van der Waals surface area contributed by atoms with Crippen LogP contribution in [0.5, 0.6) is 5.75 Å². The number of anilines is 1. The van der Waals surface area contributed by atoms with E-state index >= 15 is 0 Å². The van der Waals surface area contributed by atoms with Crippen LogP contribution in [-0.4, -0.2) is 35.4 Å². The quantitative estimate of drug-likeness (QED) is 0.203. The molecule has 2 aromatic carbocycles. The number of rotatable bonds is 6. The van der Waals surface area contributed by atoms with E-state index in [-0.39, 0.29) is 23.6 Å². The summed E-state index contributed by atoms with van der Waals surface area (Å²) in [4.78, 5) is 17.9. The molecule has 0 radical (unpaired) electrons. The van der Waals surface area contributed by atoms with Gasteiger partial charge in [0.15, 0.2) is 11.5 Å². The Kier molecular flexibility index (Phi) is 7.48. The standard InChI is InChI=1S/C36H36N8O2/c1-23-12-14-24(15-13-23)44-33(21-31(42-44)36(2,3)4)39-35(45)38-28-17-18-30(27-10-6-5-9-26(27)28)46-25-16-19-32-40-41-34(43(32)22-25)29-11-7-8-20-37-29/h5-16,19-22,28,30H,17-18H2,1-4H3,(H2,38,39,45)/t28-,30+/m0/s1. The van der Waals surface area contributed by atoms with E-state index in [1.54, 1.807) is 10.9 Å². The lowest BCUT2D eigenvalue weighted by molar-refractivity contribution is 0.171. The number of benzene rings is 2. The van der Waals surface area contributed by atoms with Crippen LogP contribution in [-0.2, 0) is 5.41 Å². The fourth-order valence-electron chi connectivity index (χ4n) is 5.83. The minimum absolute atomic E-state index is 0.176. The van der Waals surface area contributed by atoms with Crippen LogP contribution in [0.1, 0.15) is 68.1 Å². The van der Waals surface area contributed by atoms with E-state index in [2.05, 4.69) is 58.7 Å². The zero-order valence-corrected chi connectivity index (χ0v) is 26.3. The minimum atomic E-state index is -0.284. The third-order valence-electron chi connectivity index (χ3n) is 8.29. The molecule has 10 heteroatoms. The smallest absolute Gasteiger partial charge is 0.320 e. The monoisotopic (exact) mass is 612 g/mol. The number of aromatic nitrogens is 6. The predicted octanol–water partition coefficient (Wildman–Crippen LogP) is 7.36. The summed E-state index contributed by atoms with van der Waals surface area (Å²) in [5.41, 5.74) is 6.29. The maximum Gasteiger partial charge on any atom is 0.320 e. The highest BCUT2D eigenvalue weighted by Crippen LogP contribution is 2.39. The Bertz CT molecular complexity index is 2010. The van der Waals surface area contributed by atoms with Crippen molar-refractivity contribution in [1.82, 2.24) is 34.7 Å². The average Bonchev–Trinajstić information content (AvgIpc) is 3.68. The summed E-state index contributed by atoms with van der Waals surface area (Å²) < 4.78 is 10.3. The van der Waals surface area contributed by atoms with Gasteiger partial charge in [-0.15, -0.1) is 10.2 Å². The van der Waals surface area contributed by atoms with E-state index in [0.29, 0.717) is 29.5 Å². The van der Waals surface area contributed by atoms with Gasteiger partial charge >= 0.3 is 6.03 Å². The first-order chi connectivity index (χ1) is 22.2. The lowest BCUT2D eigenvalue weighted by Gasteiger charge is -2.32. The number of fused-ring (bicyclic) bond motifs is 2. The highest BCUT2D eigenvalue weighted by molar-refractivity contribution is 5.89. The van der Waals surface area contributed by atoms with Gasteiger partial charge in [-0.05, 0) is 67.3 Å². The van der Waals surface area contributed by atoms with Gasteiger partial charge < -0.3 is 10.1 Å². The molecule has 2 N–H and O–H groups in total. The molecule has 0 saturated heterocycles. The number of hydrogen-bond acceptors (Lipinski definition) is 6. The molecule has 10 nitrogen and oxygen atoms in total. The normalized spacial score (nSPS) is 16.2. The fraction of sp³-hybridized carbons (Fsp3) is 0.250. The zero-order valence-electron chi connectivity index (χ0n) is 26.3. The van der Waals surface area contributed by atoms with E-state index in [9.17, 15) is 4.79 Å². The molecule has 46 heavy (non-hydrogen) atoms. The maximum absolute atomic E-state index is 13.5. The van der Waals surface area contributed by atoms with Crippen LogP contribution in [0.2, 0.25) is 0 Å². The SMILES string of the molecule is Cc1ccc(-n2nc(C(C)(C)C)cc2NC(=O)N[C@H]2CC[C@@H](Oc3ccc4nnc(-c5ccccn5)n4c3)c3ccccc32)cc1. The highest BCUT2D eigenvalue weighted by Gasteiger charge is 2.30. The van der Waals surface area contributed by atoms with Crippen LogP contribution in [0.15, 0.2) is 97.3 Å². The first-order valence-corrected chi connectivity index (χ1v) is 15.5. The Morgan fingerprint density at radius 3 is 2.46 bits per heavy atom. The van der Waals surface area contributed by atoms with Gasteiger partial charge in [0.25, 0.3) is 0 Å². The molecule has 0 aliphatic heterocycles. The van der Waals surface area contributed by atoms with Gasteiger partial charge in [0.2, 0.25) is 0 Å². The molecular formula is C36H36N8O2. The van der Waals surface area contributed by atoms with E-state index in [4.69, 9.17) is 9.84 Å². The number of pyridine rings is 2. The highest BCUT2D eigenvalue weighted by atomic mass is 16.5. The molecular weight excluding hydrogens is 576 g/mol. The Labute approximate surface area is 267 Å². The van der Waals surface area contributed by atoms with Crippen LogP contribution in [0.4, 0.5) is 10.6 Å². The molecule has 1 aliphatic carbocycles. The van der Waals surface area contributed by atoms with E-state index in [0.717, 1.165) is 40.2 Å². The topological polar surface area (TPSA) is 111 Å². The molecule has 2 atom stereocenters. The van der Waals surface area contributed by atoms with Crippen molar-refractivity contribution < 1.29 is 9.53 Å². The van der Waals surface area contributed by atoms with Crippen molar-refractivity contribution in [2.24, 2.45) is 0 Å². The third-order valence-corrected chi connectivity index (χ3v) is 8.29. The van der Waals surface area contributed by atoms with Crippen LogP contribution in [0, 0.1) is 6.92 Å². The number of hydrogen-bond donors (Lipinski definition) is 2. The molecule has 7 rings (SSSR count). The molecule has 0 bridgehead atoms. The Morgan fingerprint density at radius 2 is 1.70 bits per heavy atom. The number of carbonyl (C=O) groups is 1. The van der Waals surface area contributed by atoms with Gasteiger partial charge in [0, 0.05) is 17.7 Å². The minimum Gasteiger partial charge on any atom is -0.484 e. The molecule has 2 amide bonds. The van der Waals surface area contributed by atoms with E-state index < -0.39 is 0 Å². The lowest BCUT2D eigenvalue weighted by atomic mass is 9.85. The van der Waals surface area contributed by atoms with Crippen molar-refractivity contribution in [3.8, 4) is 23.0 Å². The zero-order chi connectivity index (χ0) is 31.8.